The van der Waals surface area contributed by atoms with Gasteiger partial charge in [0.2, 0.25) is 0 Å². The molecule has 0 amide bonds. The van der Waals surface area contributed by atoms with Crippen molar-refractivity contribution in [2.45, 2.75) is 9.79 Å². The molecule has 0 aliphatic rings. The molecule has 0 saturated carbocycles. The van der Waals surface area contributed by atoms with Crippen molar-refractivity contribution in [3.63, 3.8) is 0 Å². The van der Waals surface area contributed by atoms with E-state index in [0.717, 1.165) is 4.90 Å². The van der Waals surface area contributed by atoms with Crippen LogP contribution in [-0.2, 0) is 0 Å². The number of aromatic carboxylic acids is 1. The fourth-order valence-electron chi connectivity index (χ4n) is 1.28. The van der Waals surface area contributed by atoms with Crippen molar-refractivity contribution in [1.82, 2.24) is 4.98 Å². The quantitative estimate of drug-likeness (QED) is 0.921. The minimum Gasteiger partial charge on any atom is -0.478 e. The van der Waals surface area contributed by atoms with Crippen LogP contribution in [0.4, 0.5) is 0 Å². The Kier molecular flexibility index (Phi) is 3.66. The second-order valence-corrected chi connectivity index (χ2v) is 4.70. The number of pyridine rings is 1. The first-order chi connectivity index (χ1) is 8.18. The first-order valence-corrected chi connectivity index (χ1v) is 5.97. The Morgan fingerprint density at radius 1 is 1.24 bits per heavy atom. The lowest BCUT2D eigenvalue weighted by molar-refractivity contribution is 0.0693. The molecular formula is C12H8ClNO2S. The zero-order chi connectivity index (χ0) is 12.3. The van der Waals surface area contributed by atoms with Crippen molar-refractivity contribution in [1.29, 1.82) is 0 Å². The van der Waals surface area contributed by atoms with Gasteiger partial charge in [-0.15, -0.1) is 0 Å². The summed E-state index contributed by atoms with van der Waals surface area (Å²) in [6, 6.07) is 8.76. The summed E-state index contributed by atoms with van der Waals surface area (Å²) < 4.78 is 0. The number of carboxylic acid groups (broad SMARTS) is 1. The lowest BCUT2D eigenvalue weighted by Gasteiger charge is -2.06. The molecule has 2 rings (SSSR count). The van der Waals surface area contributed by atoms with Gasteiger partial charge in [0, 0.05) is 22.2 Å². The first kappa shape index (κ1) is 12.0. The number of benzene rings is 1. The monoisotopic (exact) mass is 265 g/mol. The Balaban J connectivity index is 2.37. The highest BCUT2D eigenvalue weighted by Gasteiger charge is 2.11. The molecule has 2 aromatic rings. The molecule has 1 N–H and O–H groups in total. The zero-order valence-corrected chi connectivity index (χ0v) is 10.2. The Morgan fingerprint density at radius 3 is 2.71 bits per heavy atom. The van der Waals surface area contributed by atoms with E-state index in [1.54, 1.807) is 6.07 Å². The molecule has 1 aromatic heterocycles. The van der Waals surface area contributed by atoms with Crippen LogP contribution in [0.25, 0.3) is 0 Å². The van der Waals surface area contributed by atoms with Crippen LogP contribution in [0.5, 0.6) is 0 Å². The predicted molar refractivity (Wildman–Crippen MR) is 66.8 cm³/mol. The summed E-state index contributed by atoms with van der Waals surface area (Å²) in [6.45, 7) is 0. The molecule has 0 aliphatic heterocycles. The van der Waals surface area contributed by atoms with Crippen LogP contribution in [0.2, 0.25) is 5.02 Å². The third-order valence-electron chi connectivity index (χ3n) is 2.07. The summed E-state index contributed by atoms with van der Waals surface area (Å²) in [6.07, 6.45) is 2.98. The Bertz CT molecular complexity index is 560. The van der Waals surface area contributed by atoms with Crippen LogP contribution >= 0.6 is 23.4 Å². The summed E-state index contributed by atoms with van der Waals surface area (Å²) in [5.41, 5.74) is 0.227. The molecule has 5 heteroatoms. The van der Waals surface area contributed by atoms with Crippen LogP contribution in [-0.4, -0.2) is 16.1 Å². The van der Waals surface area contributed by atoms with Crippen molar-refractivity contribution < 1.29 is 9.90 Å². The standard InChI is InChI=1S/C12H8ClNO2S/c13-9-3-1-2-4-10(9)17-11-7-14-6-5-8(11)12(15)16/h1-7H,(H,15,16). The molecule has 0 unspecified atom stereocenters. The third kappa shape index (κ3) is 2.78. The molecule has 17 heavy (non-hydrogen) atoms. The SMILES string of the molecule is O=C(O)c1ccncc1Sc1ccccc1Cl. The van der Waals surface area contributed by atoms with Crippen LogP contribution in [0, 0.1) is 0 Å². The minimum atomic E-state index is -0.970. The molecule has 0 saturated heterocycles. The number of nitrogens with zero attached hydrogens (tertiary/aromatic N) is 1. The van der Waals surface area contributed by atoms with Crippen molar-refractivity contribution in [3.8, 4) is 0 Å². The van der Waals surface area contributed by atoms with E-state index in [-0.39, 0.29) is 5.56 Å². The summed E-state index contributed by atoms with van der Waals surface area (Å²) in [5, 5.41) is 9.63. The largest absolute Gasteiger partial charge is 0.478 e. The molecule has 1 aromatic carbocycles. The normalized spacial score (nSPS) is 10.2. The average Bonchev–Trinajstić information content (AvgIpc) is 2.32. The van der Waals surface area contributed by atoms with Gasteiger partial charge >= 0.3 is 5.97 Å². The minimum absolute atomic E-state index is 0.227. The van der Waals surface area contributed by atoms with Crippen LogP contribution in [0.3, 0.4) is 0 Å². The Hall–Kier alpha value is -1.52. The maximum atomic E-state index is 11.0. The molecule has 0 aliphatic carbocycles. The van der Waals surface area contributed by atoms with Gasteiger partial charge in [-0.3, -0.25) is 4.98 Å². The number of carboxylic acids is 1. The highest BCUT2D eigenvalue weighted by Crippen LogP contribution is 2.34. The molecular weight excluding hydrogens is 258 g/mol. The average molecular weight is 266 g/mol. The van der Waals surface area contributed by atoms with Crippen LogP contribution < -0.4 is 0 Å². The van der Waals surface area contributed by atoms with E-state index >= 15 is 0 Å². The van der Waals surface area contributed by atoms with Gasteiger partial charge in [-0.1, -0.05) is 35.5 Å². The van der Waals surface area contributed by atoms with Crippen molar-refractivity contribution in [2.75, 3.05) is 0 Å². The maximum absolute atomic E-state index is 11.0. The molecule has 86 valence electrons. The summed E-state index contributed by atoms with van der Waals surface area (Å²) in [5.74, 6) is -0.970. The number of halogens is 1. The van der Waals surface area contributed by atoms with Gasteiger partial charge in [0.15, 0.2) is 0 Å². The van der Waals surface area contributed by atoms with Crippen molar-refractivity contribution in [2.24, 2.45) is 0 Å². The second-order valence-electron chi connectivity index (χ2n) is 3.21. The molecule has 0 spiro atoms. The molecule has 0 fully saturated rings. The highest BCUT2D eigenvalue weighted by atomic mass is 35.5. The van der Waals surface area contributed by atoms with E-state index in [1.165, 1.54) is 30.2 Å². The Morgan fingerprint density at radius 2 is 2.00 bits per heavy atom. The van der Waals surface area contributed by atoms with Crippen molar-refractivity contribution in [3.05, 3.63) is 53.3 Å². The van der Waals surface area contributed by atoms with E-state index in [0.29, 0.717) is 9.92 Å². The van der Waals surface area contributed by atoms with Crippen molar-refractivity contribution >= 4 is 29.3 Å². The Labute approximate surface area is 107 Å². The first-order valence-electron chi connectivity index (χ1n) is 4.78. The number of rotatable bonds is 3. The summed E-state index contributed by atoms with van der Waals surface area (Å²) >= 11 is 7.31. The van der Waals surface area contributed by atoms with E-state index < -0.39 is 5.97 Å². The molecule has 1 heterocycles. The van der Waals surface area contributed by atoms with Gasteiger partial charge in [-0.05, 0) is 18.2 Å². The molecule has 0 bridgehead atoms. The number of aromatic nitrogens is 1. The maximum Gasteiger partial charge on any atom is 0.336 e. The fourth-order valence-corrected chi connectivity index (χ4v) is 2.46. The van der Waals surface area contributed by atoms with Gasteiger partial charge in [-0.25, -0.2) is 4.79 Å². The lowest BCUT2D eigenvalue weighted by Crippen LogP contribution is -1.98. The van der Waals surface area contributed by atoms with Gasteiger partial charge in [0.25, 0.3) is 0 Å². The molecule has 0 radical (unpaired) electrons. The number of hydrogen-bond donors (Lipinski definition) is 1. The zero-order valence-electron chi connectivity index (χ0n) is 8.63. The fraction of sp³-hybridized carbons (Fsp3) is 0. The van der Waals surface area contributed by atoms with E-state index in [9.17, 15) is 4.79 Å². The summed E-state index contributed by atoms with van der Waals surface area (Å²) in [4.78, 5) is 16.3. The van der Waals surface area contributed by atoms with E-state index in [2.05, 4.69) is 4.98 Å². The van der Waals surface area contributed by atoms with Gasteiger partial charge in [-0.2, -0.15) is 0 Å². The van der Waals surface area contributed by atoms with Gasteiger partial charge < -0.3 is 5.11 Å². The summed E-state index contributed by atoms with van der Waals surface area (Å²) in [7, 11) is 0. The highest BCUT2D eigenvalue weighted by molar-refractivity contribution is 7.99. The smallest absolute Gasteiger partial charge is 0.336 e. The van der Waals surface area contributed by atoms with Gasteiger partial charge in [0.05, 0.1) is 10.6 Å². The van der Waals surface area contributed by atoms with Gasteiger partial charge in [0.1, 0.15) is 0 Å². The number of hydrogen-bond acceptors (Lipinski definition) is 3. The lowest BCUT2D eigenvalue weighted by atomic mass is 10.3. The van der Waals surface area contributed by atoms with Crippen LogP contribution in [0.1, 0.15) is 10.4 Å². The van der Waals surface area contributed by atoms with E-state index in [4.69, 9.17) is 16.7 Å². The predicted octanol–water partition coefficient (Wildman–Crippen LogP) is 3.58. The third-order valence-corrected chi connectivity index (χ3v) is 3.63. The topological polar surface area (TPSA) is 50.2 Å². The number of carbonyl (C=O) groups is 1. The van der Waals surface area contributed by atoms with E-state index in [1.807, 2.05) is 18.2 Å². The molecule has 3 nitrogen and oxygen atoms in total. The second kappa shape index (κ2) is 5.21. The van der Waals surface area contributed by atoms with Crippen LogP contribution in [0.15, 0.2) is 52.5 Å². The molecule has 0 atom stereocenters.